The smallest absolute Gasteiger partial charge is 0.159 e. The van der Waals surface area contributed by atoms with Crippen molar-refractivity contribution in [1.29, 1.82) is 0 Å². The van der Waals surface area contributed by atoms with E-state index in [-0.39, 0.29) is 0 Å². The maximum absolute atomic E-state index is 6.72. The number of anilines is 3. The number of benzene rings is 9. The summed E-state index contributed by atoms with van der Waals surface area (Å²) in [6, 6.07) is 68.9. The van der Waals surface area contributed by atoms with Crippen molar-refractivity contribution in [2.75, 3.05) is 4.90 Å². The van der Waals surface area contributed by atoms with Crippen molar-refractivity contribution in [2.45, 2.75) is 0 Å². The molecule has 0 unspecified atom stereocenters. The normalized spacial score (nSPS) is 11.9. The Labute approximate surface area is 321 Å². The fourth-order valence-corrected chi connectivity index (χ4v) is 8.93. The van der Waals surface area contributed by atoms with Gasteiger partial charge in [-0.15, -0.1) is 0 Å². The van der Waals surface area contributed by atoms with E-state index in [0.717, 1.165) is 94.2 Å². The number of rotatable bonds is 5. The van der Waals surface area contributed by atoms with Crippen LogP contribution in [0.3, 0.4) is 0 Å². The molecular formula is C52H32N2O2. The van der Waals surface area contributed by atoms with E-state index < -0.39 is 0 Å². The largest absolute Gasteiger partial charge is 0.455 e. The fraction of sp³-hybridized carbons (Fsp3) is 0. The van der Waals surface area contributed by atoms with Crippen LogP contribution in [0.4, 0.5) is 17.1 Å². The molecule has 0 spiro atoms. The van der Waals surface area contributed by atoms with Gasteiger partial charge in [-0.1, -0.05) is 133 Å². The second-order valence-electron chi connectivity index (χ2n) is 14.4. The Balaban J connectivity index is 1.09. The van der Waals surface area contributed by atoms with Gasteiger partial charge in [0.2, 0.25) is 0 Å². The number of nitrogens with zero attached hydrogens (tertiary/aromatic N) is 2. The van der Waals surface area contributed by atoms with Gasteiger partial charge in [-0.3, -0.25) is 0 Å². The van der Waals surface area contributed by atoms with Crippen molar-refractivity contribution in [3.05, 3.63) is 194 Å². The maximum Gasteiger partial charge on any atom is 0.159 e. The molecule has 0 radical (unpaired) electrons. The Morgan fingerprint density at radius 2 is 0.982 bits per heavy atom. The predicted molar refractivity (Wildman–Crippen MR) is 233 cm³/mol. The average Bonchev–Trinajstić information content (AvgIpc) is 3.95. The second-order valence-corrected chi connectivity index (χ2v) is 14.4. The van der Waals surface area contributed by atoms with E-state index in [1.54, 1.807) is 0 Å². The van der Waals surface area contributed by atoms with E-state index in [1.165, 1.54) is 16.2 Å². The SMILES string of the molecule is c1ccc(-n2c3ccccc3c3ccccc32)c(N(c2ccc(-c3cccc4oc5c6ccccc6ccc5c34)cc2)c2cccc3c2oc2ccccc23)c1. The van der Waals surface area contributed by atoms with Crippen LogP contribution in [0.1, 0.15) is 0 Å². The summed E-state index contributed by atoms with van der Waals surface area (Å²) in [5.74, 6) is 0. The van der Waals surface area contributed by atoms with Crippen LogP contribution in [-0.2, 0) is 0 Å². The number of aromatic nitrogens is 1. The second kappa shape index (κ2) is 12.0. The topological polar surface area (TPSA) is 34.5 Å². The highest BCUT2D eigenvalue weighted by atomic mass is 16.3. The molecule has 0 amide bonds. The summed E-state index contributed by atoms with van der Waals surface area (Å²) in [7, 11) is 0. The minimum absolute atomic E-state index is 0.844. The first kappa shape index (κ1) is 30.9. The quantitative estimate of drug-likeness (QED) is 0.178. The molecule has 4 nitrogen and oxygen atoms in total. The zero-order valence-corrected chi connectivity index (χ0v) is 30.2. The van der Waals surface area contributed by atoms with Crippen LogP contribution >= 0.6 is 0 Å². The van der Waals surface area contributed by atoms with Gasteiger partial charge in [0.15, 0.2) is 5.58 Å². The van der Waals surface area contributed by atoms with E-state index in [2.05, 4.69) is 191 Å². The lowest BCUT2D eigenvalue weighted by molar-refractivity contribution is 0.669. The lowest BCUT2D eigenvalue weighted by Gasteiger charge is -2.28. The third-order valence-electron chi connectivity index (χ3n) is 11.4. The van der Waals surface area contributed by atoms with Crippen LogP contribution in [0.5, 0.6) is 0 Å². The molecule has 0 bridgehead atoms. The van der Waals surface area contributed by atoms with Crippen molar-refractivity contribution in [1.82, 2.24) is 4.57 Å². The zero-order valence-electron chi connectivity index (χ0n) is 30.2. The van der Waals surface area contributed by atoms with Crippen LogP contribution < -0.4 is 4.90 Å². The number of fused-ring (bicyclic) bond motifs is 11. The van der Waals surface area contributed by atoms with Crippen molar-refractivity contribution in [2.24, 2.45) is 0 Å². The number of hydrogen-bond acceptors (Lipinski definition) is 3. The standard InChI is InChI=1S/C52H32N2O2/c1-2-14-37-33(13-1)29-32-42-50-36(18-12-26-49(50)56-51(37)42)34-27-30-35(31-28-34)53(47-24-11-19-41-40-17-5-10-25-48(40)55-52(41)47)45-22-8-9-23-46(45)54-43-20-6-3-15-38(43)39-16-4-7-21-44(39)54/h1-32H. The summed E-state index contributed by atoms with van der Waals surface area (Å²) in [6.45, 7) is 0. The first-order valence-corrected chi connectivity index (χ1v) is 19.0. The van der Waals surface area contributed by atoms with Crippen LogP contribution in [-0.4, -0.2) is 4.57 Å². The molecule has 3 heterocycles. The first-order valence-electron chi connectivity index (χ1n) is 19.0. The van der Waals surface area contributed by atoms with Crippen LogP contribution in [0.15, 0.2) is 203 Å². The van der Waals surface area contributed by atoms with Crippen LogP contribution in [0.2, 0.25) is 0 Å². The minimum Gasteiger partial charge on any atom is -0.455 e. The summed E-state index contributed by atoms with van der Waals surface area (Å²) in [6.07, 6.45) is 0. The molecule has 0 atom stereocenters. The van der Waals surface area contributed by atoms with Crippen molar-refractivity contribution in [3.8, 4) is 16.8 Å². The van der Waals surface area contributed by atoms with Gasteiger partial charge in [0, 0.05) is 43.4 Å². The summed E-state index contributed by atoms with van der Waals surface area (Å²) in [5, 5.41) is 9.18. The third-order valence-corrected chi connectivity index (χ3v) is 11.4. The maximum atomic E-state index is 6.72. The average molecular weight is 717 g/mol. The molecule has 0 fully saturated rings. The molecule has 4 heteroatoms. The Kier molecular flexibility index (Phi) is 6.60. The monoisotopic (exact) mass is 716 g/mol. The highest BCUT2D eigenvalue weighted by Crippen LogP contribution is 2.46. The highest BCUT2D eigenvalue weighted by molar-refractivity contribution is 6.19. The molecule has 56 heavy (non-hydrogen) atoms. The Morgan fingerprint density at radius 1 is 0.375 bits per heavy atom. The van der Waals surface area contributed by atoms with E-state index in [9.17, 15) is 0 Å². The van der Waals surface area contributed by atoms with Crippen molar-refractivity contribution in [3.63, 3.8) is 0 Å². The predicted octanol–water partition coefficient (Wildman–Crippen LogP) is 14.9. The molecule has 0 aliphatic carbocycles. The summed E-state index contributed by atoms with van der Waals surface area (Å²) >= 11 is 0. The van der Waals surface area contributed by atoms with Gasteiger partial charge in [0.25, 0.3) is 0 Å². The lowest BCUT2D eigenvalue weighted by atomic mass is 9.98. The molecule has 0 saturated carbocycles. The van der Waals surface area contributed by atoms with Gasteiger partial charge in [-0.2, -0.15) is 0 Å². The zero-order chi connectivity index (χ0) is 36.7. The molecular weight excluding hydrogens is 685 g/mol. The number of hydrogen-bond donors (Lipinski definition) is 0. The van der Waals surface area contributed by atoms with Crippen molar-refractivity contribution < 1.29 is 8.83 Å². The molecule has 0 saturated heterocycles. The summed E-state index contributed by atoms with van der Waals surface area (Å²) in [4.78, 5) is 2.35. The van der Waals surface area contributed by atoms with Gasteiger partial charge in [-0.05, 0) is 77.2 Å². The van der Waals surface area contributed by atoms with Crippen molar-refractivity contribution >= 4 is 93.5 Å². The molecule has 9 aromatic carbocycles. The Hall–Kier alpha value is -7.56. The summed E-state index contributed by atoms with van der Waals surface area (Å²) < 4.78 is 15.7. The fourth-order valence-electron chi connectivity index (χ4n) is 8.93. The Morgan fingerprint density at radius 3 is 1.80 bits per heavy atom. The Bertz CT molecular complexity index is 3440. The van der Waals surface area contributed by atoms with Gasteiger partial charge in [0.05, 0.1) is 28.1 Å². The van der Waals surface area contributed by atoms with Crippen LogP contribution in [0.25, 0.3) is 93.3 Å². The molecule has 12 rings (SSSR count). The third kappa shape index (κ3) is 4.47. The molecule has 0 aliphatic heterocycles. The molecule has 0 N–H and O–H groups in total. The van der Waals surface area contributed by atoms with Gasteiger partial charge >= 0.3 is 0 Å². The molecule has 3 aromatic heterocycles. The molecule has 12 aromatic rings. The highest BCUT2D eigenvalue weighted by Gasteiger charge is 2.24. The van der Waals surface area contributed by atoms with Gasteiger partial charge < -0.3 is 18.3 Å². The van der Waals surface area contributed by atoms with E-state index in [4.69, 9.17) is 8.83 Å². The van der Waals surface area contributed by atoms with Crippen LogP contribution in [0, 0.1) is 0 Å². The molecule has 0 aliphatic rings. The van der Waals surface area contributed by atoms with Gasteiger partial charge in [-0.25, -0.2) is 0 Å². The van der Waals surface area contributed by atoms with E-state index >= 15 is 0 Å². The van der Waals surface area contributed by atoms with E-state index in [1.807, 2.05) is 12.1 Å². The van der Waals surface area contributed by atoms with E-state index in [0.29, 0.717) is 0 Å². The van der Waals surface area contributed by atoms with Gasteiger partial charge in [0.1, 0.15) is 16.7 Å². The number of para-hydroxylation sites is 6. The first-order chi connectivity index (χ1) is 27.8. The lowest BCUT2D eigenvalue weighted by Crippen LogP contribution is -2.13. The number of furan rings is 2. The molecule has 262 valence electrons. The minimum atomic E-state index is 0.844. The summed E-state index contributed by atoms with van der Waals surface area (Å²) in [5.41, 5.74) is 12.2.